The fourth-order valence-electron chi connectivity index (χ4n) is 2.33. The summed E-state index contributed by atoms with van der Waals surface area (Å²) in [4.78, 5) is 8.85. The SMILES string of the molecule is CCNC(=NCc1nc(C)c(C)o1)NCC(OC)c1cccc(Cl)c1. The van der Waals surface area contributed by atoms with Crippen LogP contribution in [0.1, 0.15) is 35.9 Å². The maximum Gasteiger partial charge on any atom is 0.216 e. The lowest BCUT2D eigenvalue weighted by atomic mass is 10.1. The lowest BCUT2D eigenvalue weighted by Gasteiger charge is -2.18. The van der Waals surface area contributed by atoms with Crippen molar-refractivity contribution in [3.05, 3.63) is 52.2 Å². The van der Waals surface area contributed by atoms with Gasteiger partial charge in [0.05, 0.1) is 11.8 Å². The summed E-state index contributed by atoms with van der Waals surface area (Å²) >= 11 is 6.06. The summed E-state index contributed by atoms with van der Waals surface area (Å²) in [6.45, 7) is 7.52. The molecule has 1 unspecified atom stereocenters. The Balaban J connectivity index is 2.00. The number of aromatic nitrogens is 1. The molecule has 2 aromatic rings. The minimum absolute atomic E-state index is 0.131. The van der Waals surface area contributed by atoms with E-state index < -0.39 is 0 Å². The first kappa shape index (κ1) is 19.3. The van der Waals surface area contributed by atoms with E-state index in [2.05, 4.69) is 20.6 Å². The molecule has 1 atom stereocenters. The number of oxazole rings is 1. The lowest BCUT2D eigenvalue weighted by molar-refractivity contribution is 0.106. The van der Waals surface area contributed by atoms with E-state index in [9.17, 15) is 0 Å². The van der Waals surface area contributed by atoms with E-state index >= 15 is 0 Å². The highest BCUT2D eigenvalue weighted by atomic mass is 35.5. The van der Waals surface area contributed by atoms with Gasteiger partial charge in [-0.2, -0.15) is 0 Å². The van der Waals surface area contributed by atoms with E-state index in [-0.39, 0.29) is 6.10 Å². The van der Waals surface area contributed by atoms with Crippen LogP contribution in [0, 0.1) is 13.8 Å². The molecular formula is C18H25ClN4O2. The molecule has 0 bridgehead atoms. The smallest absolute Gasteiger partial charge is 0.216 e. The second kappa shape index (κ2) is 9.44. The minimum atomic E-state index is -0.131. The average molecular weight is 365 g/mol. The van der Waals surface area contributed by atoms with Crippen LogP contribution < -0.4 is 10.6 Å². The number of aryl methyl sites for hydroxylation is 2. The Morgan fingerprint density at radius 2 is 2.16 bits per heavy atom. The molecule has 0 fully saturated rings. The number of nitrogens with one attached hydrogen (secondary N) is 2. The van der Waals surface area contributed by atoms with E-state index in [1.807, 2.05) is 45.0 Å². The van der Waals surface area contributed by atoms with Crippen molar-refractivity contribution in [2.24, 2.45) is 4.99 Å². The zero-order chi connectivity index (χ0) is 18.2. The van der Waals surface area contributed by atoms with Gasteiger partial charge >= 0.3 is 0 Å². The van der Waals surface area contributed by atoms with Gasteiger partial charge < -0.3 is 19.8 Å². The number of hydrogen-bond acceptors (Lipinski definition) is 4. The standard InChI is InChI=1S/C18H25ClN4O2/c1-5-20-18(22-11-17-23-12(2)13(3)25-17)21-10-16(24-4)14-7-6-8-15(19)9-14/h6-9,16H,5,10-11H2,1-4H3,(H2,20,21,22). The van der Waals surface area contributed by atoms with E-state index in [0.29, 0.717) is 30.0 Å². The van der Waals surface area contributed by atoms with Crippen molar-refractivity contribution < 1.29 is 9.15 Å². The highest BCUT2D eigenvalue weighted by Gasteiger charge is 2.12. The molecule has 0 aliphatic carbocycles. The zero-order valence-electron chi connectivity index (χ0n) is 15.1. The van der Waals surface area contributed by atoms with Crippen molar-refractivity contribution in [2.75, 3.05) is 20.2 Å². The monoisotopic (exact) mass is 364 g/mol. The van der Waals surface area contributed by atoms with E-state index in [1.165, 1.54) is 0 Å². The predicted octanol–water partition coefficient (Wildman–Crippen LogP) is 3.39. The number of benzene rings is 1. The molecule has 0 amide bonds. The van der Waals surface area contributed by atoms with Gasteiger partial charge in [0.25, 0.3) is 0 Å². The number of rotatable bonds is 7. The van der Waals surface area contributed by atoms with Crippen molar-refractivity contribution in [3.63, 3.8) is 0 Å². The van der Waals surface area contributed by atoms with E-state index in [1.54, 1.807) is 7.11 Å². The van der Waals surface area contributed by atoms with Gasteiger partial charge in [-0.15, -0.1) is 0 Å². The van der Waals surface area contributed by atoms with Crippen LogP contribution in [0.2, 0.25) is 5.02 Å². The van der Waals surface area contributed by atoms with Gasteiger partial charge in [0.15, 0.2) is 5.96 Å². The summed E-state index contributed by atoms with van der Waals surface area (Å²) in [6, 6.07) is 7.65. The summed E-state index contributed by atoms with van der Waals surface area (Å²) in [5.74, 6) is 2.11. The zero-order valence-corrected chi connectivity index (χ0v) is 15.9. The fraction of sp³-hybridized carbons (Fsp3) is 0.444. The Kier molecular flexibility index (Phi) is 7.28. The third kappa shape index (κ3) is 5.76. The number of halogens is 1. The number of nitrogens with zero attached hydrogens (tertiary/aromatic N) is 2. The van der Waals surface area contributed by atoms with Crippen molar-refractivity contribution in [3.8, 4) is 0 Å². The Labute approximate surface area is 153 Å². The maximum atomic E-state index is 6.06. The van der Waals surface area contributed by atoms with Crippen LogP contribution in [0.15, 0.2) is 33.7 Å². The number of hydrogen-bond donors (Lipinski definition) is 2. The molecule has 1 heterocycles. The lowest BCUT2D eigenvalue weighted by Crippen LogP contribution is -2.39. The molecule has 0 saturated carbocycles. The molecule has 2 rings (SSSR count). The van der Waals surface area contributed by atoms with E-state index in [4.69, 9.17) is 20.8 Å². The van der Waals surface area contributed by atoms with Gasteiger partial charge in [-0.25, -0.2) is 9.98 Å². The summed E-state index contributed by atoms with van der Waals surface area (Å²) in [7, 11) is 1.68. The van der Waals surface area contributed by atoms with Crippen molar-refractivity contribution >= 4 is 17.6 Å². The van der Waals surface area contributed by atoms with Crippen molar-refractivity contribution in [2.45, 2.75) is 33.4 Å². The van der Waals surface area contributed by atoms with Crippen LogP contribution in [0.4, 0.5) is 0 Å². The second-order valence-corrected chi connectivity index (χ2v) is 6.04. The van der Waals surface area contributed by atoms with Gasteiger partial charge in [0.1, 0.15) is 12.3 Å². The van der Waals surface area contributed by atoms with Gasteiger partial charge in [-0.3, -0.25) is 0 Å². The highest BCUT2D eigenvalue weighted by molar-refractivity contribution is 6.30. The molecule has 2 N–H and O–H groups in total. The molecular weight excluding hydrogens is 340 g/mol. The van der Waals surface area contributed by atoms with E-state index in [0.717, 1.165) is 23.6 Å². The third-order valence-corrected chi connectivity index (χ3v) is 3.98. The first-order valence-corrected chi connectivity index (χ1v) is 8.64. The molecule has 0 saturated heterocycles. The summed E-state index contributed by atoms with van der Waals surface area (Å²) in [6.07, 6.45) is -0.131. The van der Waals surface area contributed by atoms with Crippen LogP contribution in [0.3, 0.4) is 0 Å². The molecule has 7 heteroatoms. The molecule has 0 spiro atoms. The number of ether oxygens (including phenoxy) is 1. The first-order chi connectivity index (χ1) is 12.0. The number of aliphatic imine (C=N–C) groups is 1. The van der Waals surface area contributed by atoms with Crippen LogP contribution in [-0.2, 0) is 11.3 Å². The second-order valence-electron chi connectivity index (χ2n) is 5.60. The fourth-order valence-corrected chi connectivity index (χ4v) is 2.53. The van der Waals surface area contributed by atoms with Gasteiger partial charge in [0, 0.05) is 25.2 Å². The van der Waals surface area contributed by atoms with Crippen molar-refractivity contribution in [1.82, 2.24) is 15.6 Å². The molecule has 136 valence electrons. The van der Waals surface area contributed by atoms with Crippen molar-refractivity contribution in [1.29, 1.82) is 0 Å². The highest BCUT2D eigenvalue weighted by Crippen LogP contribution is 2.19. The Morgan fingerprint density at radius 1 is 1.36 bits per heavy atom. The molecule has 1 aromatic heterocycles. The molecule has 0 aliphatic heterocycles. The first-order valence-electron chi connectivity index (χ1n) is 8.26. The topological polar surface area (TPSA) is 71.7 Å². The van der Waals surface area contributed by atoms with Crippen LogP contribution in [-0.4, -0.2) is 31.1 Å². The maximum absolute atomic E-state index is 6.06. The predicted molar refractivity (Wildman–Crippen MR) is 100.0 cm³/mol. The van der Waals surface area contributed by atoms with Gasteiger partial charge in [-0.05, 0) is 38.5 Å². The summed E-state index contributed by atoms with van der Waals surface area (Å²) in [5.41, 5.74) is 1.90. The Hall–Kier alpha value is -2.05. The van der Waals surface area contributed by atoms with Gasteiger partial charge in [-0.1, -0.05) is 23.7 Å². The summed E-state index contributed by atoms with van der Waals surface area (Å²) in [5, 5.41) is 7.18. The normalized spacial score (nSPS) is 12.9. The largest absolute Gasteiger partial charge is 0.444 e. The van der Waals surface area contributed by atoms with Crippen LogP contribution in [0.5, 0.6) is 0 Å². The number of guanidine groups is 1. The Bertz CT molecular complexity index is 695. The molecule has 0 aliphatic rings. The molecule has 1 aromatic carbocycles. The van der Waals surface area contributed by atoms with Crippen LogP contribution in [0.25, 0.3) is 0 Å². The third-order valence-electron chi connectivity index (χ3n) is 3.75. The van der Waals surface area contributed by atoms with Crippen LogP contribution >= 0.6 is 11.6 Å². The van der Waals surface area contributed by atoms with Gasteiger partial charge in [0.2, 0.25) is 5.89 Å². The molecule has 0 radical (unpaired) electrons. The Morgan fingerprint density at radius 3 is 2.76 bits per heavy atom. The summed E-state index contributed by atoms with van der Waals surface area (Å²) < 4.78 is 11.1. The minimum Gasteiger partial charge on any atom is -0.444 e. The number of methoxy groups -OCH3 is 1. The molecule has 6 nitrogen and oxygen atoms in total. The quantitative estimate of drug-likeness (QED) is 0.582. The molecule has 25 heavy (non-hydrogen) atoms. The average Bonchev–Trinajstić information content (AvgIpc) is 2.91.